The van der Waals surface area contributed by atoms with Gasteiger partial charge < -0.3 is 5.11 Å². The summed E-state index contributed by atoms with van der Waals surface area (Å²) in [5, 5.41) is 9.53. The monoisotopic (exact) mass is 331 g/mol. The van der Waals surface area contributed by atoms with Crippen LogP contribution < -0.4 is 0 Å². The maximum Gasteiger partial charge on any atom is 0.0558 e. The summed E-state index contributed by atoms with van der Waals surface area (Å²) in [5.74, 6) is 0.290. The molecule has 0 radical (unpaired) electrons. The van der Waals surface area contributed by atoms with E-state index in [-0.39, 0.29) is 12.5 Å². The summed E-state index contributed by atoms with van der Waals surface area (Å²) in [6.07, 6.45) is 0. The molecule has 0 aliphatic carbocycles. The summed E-state index contributed by atoms with van der Waals surface area (Å²) in [6, 6.07) is 31.7. The first-order chi connectivity index (χ1) is 12.4. The number of benzene rings is 3. The molecule has 128 valence electrons. The van der Waals surface area contributed by atoms with Crippen LogP contribution in [0.3, 0.4) is 0 Å². The summed E-state index contributed by atoms with van der Waals surface area (Å²) in [5.41, 5.74) is 3.89. The predicted molar refractivity (Wildman–Crippen MR) is 104 cm³/mol. The molecule has 2 heteroatoms. The Kier molecular flexibility index (Phi) is 6.38. The van der Waals surface area contributed by atoms with E-state index in [2.05, 4.69) is 89.8 Å². The lowest BCUT2D eigenvalue weighted by Gasteiger charge is -2.28. The van der Waals surface area contributed by atoms with Crippen LogP contribution in [0, 0.1) is 0 Å². The van der Waals surface area contributed by atoms with E-state index in [1.807, 2.05) is 6.07 Å². The molecule has 1 N–H and O–H groups in total. The third-order valence-corrected chi connectivity index (χ3v) is 4.51. The van der Waals surface area contributed by atoms with Gasteiger partial charge in [-0.25, -0.2) is 0 Å². The first-order valence-electron chi connectivity index (χ1n) is 8.84. The minimum Gasteiger partial charge on any atom is -0.395 e. The van der Waals surface area contributed by atoms with Gasteiger partial charge in [-0.3, -0.25) is 4.90 Å². The van der Waals surface area contributed by atoms with Crippen LogP contribution in [-0.4, -0.2) is 29.7 Å². The Balaban J connectivity index is 1.84. The van der Waals surface area contributed by atoms with Gasteiger partial charge in [-0.05, 0) is 16.7 Å². The number of hydrogen-bond acceptors (Lipinski definition) is 2. The first-order valence-corrected chi connectivity index (χ1v) is 8.84. The van der Waals surface area contributed by atoms with Gasteiger partial charge in [-0.1, -0.05) is 91.0 Å². The van der Waals surface area contributed by atoms with Gasteiger partial charge in [0.2, 0.25) is 0 Å². The highest BCUT2D eigenvalue weighted by Gasteiger charge is 2.18. The van der Waals surface area contributed by atoms with Crippen LogP contribution in [0.1, 0.15) is 22.6 Å². The molecule has 0 heterocycles. The van der Waals surface area contributed by atoms with Crippen LogP contribution in [0.2, 0.25) is 0 Å². The summed E-state index contributed by atoms with van der Waals surface area (Å²) in [4.78, 5) is 2.33. The van der Waals surface area contributed by atoms with Crippen LogP contribution in [0.5, 0.6) is 0 Å². The van der Waals surface area contributed by atoms with Crippen molar-refractivity contribution in [1.82, 2.24) is 4.90 Å². The number of aliphatic hydroxyl groups excluding tert-OH is 1. The first kappa shape index (κ1) is 17.4. The van der Waals surface area contributed by atoms with Crippen molar-refractivity contribution in [2.45, 2.75) is 12.5 Å². The molecule has 0 unspecified atom stereocenters. The lowest BCUT2D eigenvalue weighted by atomic mass is 9.90. The molecule has 3 rings (SSSR count). The van der Waals surface area contributed by atoms with Crippen molar-refractivity contribution in [1.29, 1.82) is 0 Å². The van der Waals surface area contributed by atoms with E-state index in [1.54, 1.807) is 0 Å². The summed E-state index contributed by atoms with van der Waals surface area (Å²) >= 11 is 0. The van der Waals surface area contributed by atoms with Crippen molar-refractivity contribution in [3.8, 4) is 0 Å². The molecule has 0 bridgehead atoms. The molecule has 0 aliphatic heterocycles. The zero-order valence-electron chi connectivity index (χ0n) is 14.5. The maximum atomic E-state index is 9.53. The Hall–Kier alpha value is -2.42. The molecule has 2 nitrogen and oxygen atoms in total. The van der Waals surface area contributed by atoms with Gasteiger partial charge in [0.25, 0.3) is 0 Å². The maximum absolute atomic E-state index is 9.53. The Morgan fingerprint density at radius 1 is 0.680 bits per heavy atom. The molecule has 0 fully saturated rings. The quantitative estimate of drug-likeness (QED) is 0.665. The van der Waals surface area contributed by atoms with Gasteiger partial charge in [0.1, 0.15) is 0 Å². The third kappa shape index (κ3) is 5.02. The number of aliphatic hydroxyl groups is 1. The molecular weight excluding hydrogens is 306 g/mol. The van der Waals surface area contributed by atoms with Crippen molar-refractivity contribution in [2.75, 3.05) is 19.7 Å². The minimum atomic E-state index is 0.170. The third-order valence-electron chi connectivity index (χ3n) is 4.51. The molecule has 0 spiro atoms. The number of hydrogen-bond donors (Lipinski definition) is 1. The molecule has 0 aromatic heterocycles. The molecular formula is C23H25NO. The van der Waals surface area contributed by atoms with E-state index in [1.165, 1.54) is 16.7 Å². The molecule has 0 atom stereocenters. The summed E-state index contributed by atoms with van der Waals surface area (Å²) in [6.45, 7) is 2.56. The lowest BCUT2D eigenvalue weighted by molar-refractivity contribution is 0.186. The van der Waals surface area contributed by atoms with Crippen LogP contribution in [0.15, 0.2) is 91.0 Å². The zero-order chi connectivity index (χ0) is 17.3. The zero-order valence-corrected chi connectivity index (χ0v) is 14.5. The lowest BCUT2D eigenvalue weighted by Crippen LogP contribution is -2.31. The fourth-order valence-corrected chi connectivity index (χ4v) is 3.25. The second-order valence-electron chi connectivity index (χ2n) is 6.32. The van der Waals surface area contributed by atoms with E-state index in [0.717, 1.165) is 13.1 Å². The van der Waals surface area contributed by atoms with Gasteiger partial charge in [0, 0.05) is 25.6 Å². The van der Waals surface area contributed by atoms with E-state index >= 15 is 0 Å². The highest BCUT2D eigenvalue weighted by Crippen LogP contribution is 2.26. The van der Waals surface area contributed by atoms with Crippen molar-refractivity contribution in [2.24, 2.45) is 0 Å². The highest BCUT2D eigenvalue weighted by molar-refractivity contribution is 5.33. The van der Waals surface area contributed by atoms with E-state index in [0.29, 0.717) is 6.54 Å². The van der Waals surface area contributed by atoms with E-state index in [4.69, 9.17) is 0 Å². The molecule has 3 aromatic carbocycles. The molecule has 0 saturated carbocycles. The Morgan fingerprint density at radius 2 is 1.16 bits per heavy atom. The standard InChI is InChI=1S/C23H25NO/c25-17-16-24(18-20-10-4-1-5-11-20)19-23(21-12-6-2-7-13-21)22-14-8-3-9-15-22/h1-15,23,25H,16-19H2. The fraction of sp³-hybridized carbons (Fsp3) is 0.217. The SMILES string of the molecule is OCCN(Cc1ccccc1)CC(c1ccccc1)c1ccccc1. The van der Waals surface area contributed by atoms with E-state index < -0.39 is 0 Å². The fourth-order valence-electron chi connectivity index (χ4n) is 3.25. The van der Waals surface area contributed by atoms with Crippen LogP contribution in [0.4, 0.5) is 0 Å². The molecule has 3 aromatic rings. The highest BCUT2D eigenvalue weighted by atomic mass is 16.3. The van der Waals surface area contributed by atoms with Gasteiger partial charge >= 0.3 is 0 Å². The van der Waals surface area contributed by atoms with Gasteiger partial charge in [0.05, 0.1) is 6.61 Å². The van der Waals surface area contributed by atoms with Gasteiger partial charge in [0.15, 0.2) is 0 Å². The van der Waals surface area contributed by atoms with Gasteiger partial charge in [-0.2, -0.15) is 0 Å². The molecule has 25 heavy (non-hydrogen) atoms. The van der Waals surface area contributed by atoms with E-state index in [9.17, 15) is 5.11 Å². The van der Waals surface area contributed by atoms with Crippen LogP contribution >= 0.6 is 0 Å². The molecule has 0 amide bonds. The van der Waals surface area contributed by atoms with Crippen LogP contribution in [0.25, 0.3) is 0 Å². The van der Waals surface area contributed by atoms with Crippen molar-refractivity contribution < 1.29 is 5.11 Å². The van der Waals surface area contributed by atoms with Crippen molar-refractivity contribution >= 4 is 0 Å². The minimum absolute atomic E-state index is 0.170. The largest absolute Gasteiger partial charge is 0.395 e. The molecule has 0 saturated heterocycles. The second kappa shape index (κ2) is 9.16. The Morgan fingerprint density at radius 3 is 1.64 bits per heavy atom. The summed E-state index contributed by atoms with van der Waals surface area (Å²) in [7, 11) is 0. The number of nitrogens with zero attached hydrogens (tertiary/aromatic N) is 1. The average Bonchev–Trinajstić information content (AvgIpc) is 2.68. The topological polar surface area (TPSA) is 23.5 Å². The smallest absolute Gasteiger partial charge is 0.0558 e. The Labute approximate surface area is 150 Å². The number of rotatable bonds is 8. The average molecular weight is 331 g/mol. The second-order valence-corrected chi connectivity index (χ2v) is 6.32. The predicted octanol–water partition coefficient (Wildman–Crippen LogP) is 4.31. The van der Waals surface area contributed by atoms with Crippen molar-refractivity contribution in [3.05, 3.63) is 108 Å². The normalized spacial score (nSPS) is 11.2. The Bertz CT molecular complexity index is 688. The molecule has 0 aliphatic rings. The summed E-state index contributed by atoms with van der Waals surface area (Å²) < 4.78 is 0. The van der Waals surface area contributed by atoms with Gasteiger partial charge in [-0.15, -0.1) is 0 Å². The van der Waals surface area contributed by atoms with Crippen LogP contribution in [-0.2, 0) is 6.54 Å². The van der Waals surface area contributed by atoms with Crippen molar-refractivity contribution in [3.63, 3.8) is 0 Å².